The van der Waals surface area contributed by atoms with Crippen LogP contribution in [-0.2, 0) is 4.74 Å². The number of amides is 1. The zero-order chi connectivity index (χ0) is 35.9. The molecule has 0 aromatic rings. The highest BCUT2D eigenvalue weighted by molar-refractivity contribution is 5.67. The van der Waals surface area contributed by atoms with Gasteiger partial charge in [0.2, 0.25) is 0 Å². The zero-order valence-electron chi connectivity index (χ0n) is 33.6. The molecule has 0 N–H and O–H groups in total. The van der Waals surface area contributed by atoms with E-state index in [1.165, 1.54) is 135 Å². The Labute approximate surface area is 307 Å². The largest absolute Gasteiger partial charge is 0.446 e. The third-order valence-corrected chi connectivity index (χ3v) is 9.39. The summed E-state index contributed by atoms with van der Waals surface area (Å²) in [4.78, 5) is 17.1. The van der Waals surface area contributed by atoms with E-state index in [0.717, 1.165) is 51.6 Å². The maximum Gasteiger partial charge on any atom is 0.410 e. The lowest BCUT2D eigenvalue weighted by Gasteiger charge is -2.25. The molecule has 0 aliphatic carbocycles. The molecular weight excluding hydrogens is 601 g/mol. The first kappa shape index (κ1) is 47.2. The summed E-state index contributed by atoms with van der Waals surface area (Å²) in [6.07, 6.45) is 51.9. The van der Waals surface area contributed by atoms with Gasteiger partial charge in [0.25, 0.3) is 0 Å². The molecule has 0 aromatic carbocycles. The normalized spacial score (nSPS) is 12.9. The summed E-state index contributed by atoms with van der Waals surface area (Å²) in [5.74, 6) is 0. The van der Waals surface area contributed by atoms with Crippen molar-refractivity contribution in [1.82, 2.24) is 9.80 Å². The molecule has 0 saturated carbocycles. The molecule has 0 saturated heterocycles. The summed E-state index contributed by atoms with van der Waals surface area (Å²) < 4.78 is 6.16. The van der Waals surface area contributed by atoms with Crippen molar-refractivity contribution >= 4 is 6.09 Å². The predicted molar refractivity (Wildman–Crippen MR) is 219 cm³/mol. The van der Waals surface area contributed by atoms with Crippen LogP contribution >= 0.6 is 0 Å². The fourth-order valence-electron chi connectivity index (χ4n) is 6.16. The van der Waals surface area contributed by atoms with Crippen molar-refractivity contribution in [2.24, 2.45) is 0 Å². The Morgan fingerprint density at radius 1 is 0.490 bits per heavy atom. The van der Waals surface area contributed by atoms with Crippen LogP contribution in [0.25, 0.3) is 0 Å². The van der Waals surface area contributed by atoms with Crippen molar-refractivity contribution < 1.29 is 9.53 Å². The highest BCUT2D eigenvalue weighted by Gasteiger charge is 2.19. The molecule has 0 aliphatic rings. The first-order valence-electron chi connectivity index (χ1n) is 21.2. The van der Waals surface area contributed by atoms with Crippen LogP contribution in [0.1, 0.15) is 194 Å². The summed E-state index contributed by atoms with van der Waals surface area (Å²) >= 11 is 0. The van der Waals surface area contributed by atoms with E-state index in [9.17, 15) is 4.79 Å². The van der Waals surface area contributed by atoms with Crippen LogP contribution in [0.2, 0.25) is 0 Å². The van der Waals surface area contributed by atoms with Crippen LogP contribution in [0.15, 0.2) is 48.6 Å². The van der Waals surface area contributed by atoms with Gasteiger partial charge < -0.3 is 14.5 Å². The molecule has 286 valence electrons. The van der Waals surface area contributed by atoms with Crippen LogP contribution in [0.4, 0.5) is 4.79 Å². The molecule has 0 aliphatic heterocycles. The Kier molecular flexibility index (Phi) is 37.5. The van der Waals surface area contributed by atoms with Crippen molar-refractivity contribution in [3.8, 4) is 0 Å². The van der Waals surface area contributed by atoms with E-state index < -0.39 is 0 Å². The molecule has 0 fully saturated rings. The van der Waals surface area contributed by atoms with E-state index >= 15 is 0 Å². The van der Waals surface area contributed by atoms with Gasteiger partial charge in [0.05, 0.1) is 0 Å². The zero-order valence-corrected chi connectivity index (χ0v) is 33.6. The second kappa shape index (κ2) is 39.0. The molecule has 0 rings (SSSR count). The average Bonchev–Trinajstić information content (AvgIpc) is 3.09. The Hall–Kier alpha value is -1.81. The van der Waals surface area contributed by atoms with Crippen molar-refractivity contribution in [2.45, 2.75) is 200 Å². The Balaban J connectivity index is 4.27. The van der Waals surface area contributed by atoms with Crippen LogP contribution < -0.4 is 0 Å². The lowest BCUT2D eigenvalue weighted by Crippen LogP contribution is -2.36. The predicted octanol–water partition coefficient (Wildman–Crippen LogP) is 14.2. The molecule has 0 bridgehead atoms. The van der Waals surface area contributed by atoms with Crippen LogP contribution in [0, 0.1) is 0 Å². The number of ether oxygens (including phenoxy) is 1. The number of carbonyl (C=O) groups excluding carboxylic acids is 1. The van der Waals surface area contributed by atoms with Crippen molar-refractivity contribution in [2.75, 3.05) is 33.7 Å². The van der Waals surface area contributed by atoms with E-state index in [1.54, 1.807) is 0 Å². The van der Waals surface area contributed by atoms with Gasteiger partial charge in [-0.25, -0.2) is 4.79 Å². The smallest absolute Gasteiger partial charge is 0.410 e. The van der Waals surface area contributed by atoms with E-state index in [-0.39, 0.29) is 12.2 Å². The number of rotatable bonds is 36. The van der Waals surface area contributed by atoms with Crippen molar-refractivity contribution in [1.29, 1.82) is 0 Å². The number of hydrogen-bond acceptors (Lipinski definition) is 3. The maximum absolute atomic E-state index is 13.1. The SMILES string of the molecule is CCCCCC=CCC=CCCCCCCCCCC(CCCCCCCC=CCC=CCCCCC)OC(=O)N(CC)CCCN(C)C. The molecule has 4 nitrogen and oxygen atoms in total. The molecule has 1 unspecified atom stereocenters. The molecule has 1 amide bonds. The third-order valence-electron chi connectivity index (χ3n) is 9.39. The van der Waals surface area contributed by atoms with Gasteiger partial charge in [-0.3, -0.25) is 0 Å². The maximum atomic E-state index is 13.1. The van der Waals surface area contributed by atoms with Gasteiger partial charge in [-0.05, 0) is 124 Å². The highest BCUT2D eigenvalue weighted by Crippen LogP contribution is 2.18. The summed E-state index contributed by atoms with van der Waals surface area (Å²) in [7, 11) is 4.18. The second-order valence-corrected chi connectivity index (χ2v) is 14.5. The number of carbonyl (C=O) groups is 1. The number of allylic oxidation sites excluding steroid dienone is 8. The first-order chi connectivity index (χ1) is 24.0. The van der Waals surface area contributed by atoms with Gasteiger partial charge in [0.1, 0.15) is 6.10 Å². The minimum absolute atomic E-state index is 0.0614. The number of hydrogen-bond donors (Lipinski definition) is 0. The van der Waals surface area contributed by atoms with Gasteiger partial charge in [-0.1, -0.05) is 140 Å². The van der Waals surface area contributed by atoms with Crippen LogP contribution in [-0.4, -0.2) is 55.7 Å². The molecule has 0 heterocycles. The second-order valence-electron chi connectivity index (χ2n) is 14.5. The van der Waals surface area contributed by atoms with E-state index in [2.05, 4.69) is 88.4 Å². The van der Waals surface area contributed by atoms with Gasteiger partial charge >= 0.3 is 6.09 Å². The van der Waals surface area contributed by atoms with Crippen molar-refractivity contribution in [3.05, 3.63) is 48.6 Å². The van der Waals surface area contributed by atoms with Crippen LogP contribution in [0.3, 0.4) is 0 Å². The first-order valence-corrected chi connectivity index (χ1v) is 21.2. The summed E-state index contributed by atoms with van der Waals surface area (Å²) in [6, 6.07) is 0. The van der Waals surface area contributed by atoms with Gasteiger partial charge in [-0.15, -0.1) is 0 Å². The third kappa shape index (κ3) is 35.8. The minimum atomic E-state index is -0.106. The summed E-state index contributed by atoms with van der Waals surface area (Å²) in [5, 5.41) is 0. The molecule has 0 spiro atoms. The average molecular weight is 685 g/mol. The van der Waals surface area contributed by atoms with Gasteiger partial charge in [0.15, 0.2) is 0 Å². The highest BCUT2D eigenvalue weighted by atomic mass is 16.6. The quantitative estimate of drug-likeness (QED) is 0.0486. The summed E-state index contributed by atoms with van der Waals surface area (Å²) in [6.45, 7) is 9.07. The van der Waals surface area contributed by atoms with Gasteiger partial charge in [0, 0.05) is 13.1 Å². The number of unbranched alkanes of at least 4 members (excludes halogenated alkanes) is 18. The van der Waals surface area contributed by atoms with E-state index in [1.807, 2.05) is 4.90 Å². The molecular formula is C45H84N2O2. The molecule has 1 atom stereocenters. The Bertz CT molecular complexity index is 800. The van der Waals surface area contributed by atoms with E-state index in [4.69, 9.17) is 4.74 Å². The standard InChI is InChI=1S/C45H84N2O2/c1-6-9-11-13-15-17-19-21-23-24-26-28-30-32-34-36-38-41-44(49-45(48)47(8-3)43-39-42-46(4)5)40-37-35-33-31-29-27-25-22-20-18-16-14-12-10-7-2/h15-18,21-23,25,44H,6-14,19-20,24,26-43H2,1-5H3. The molecule has 0 aromatic heterocycles. The minimum Gasteiger partial charge on any atom is -0.446 e. The van der Waals surface area contributed by atoms with Gasteiger partial charge in [-0.2, -0.15) is 0 Å². The lowest BCUT2D eigenvalue weighted by atomic mass is 10.0. The topological polar surface area (TPSA) is 32.8 Å². The fourth-order valence-corrected chi connectivity index (χ4v) is 6.16. The summed E-state index contributed by atoms with van der Waals surface area (Å²) in [5.41, 5.74) is 0. The molecule has 49 heavy (non-hydrogen) atoms. The Morgan fingerprint density at radius 3 is 1.27 bits per heavy atom. The molecule has 4 heteroatoms. The monoisotopic (exact) mass is 685 g/mol. The van der Waals surface area contributed by atoms with E-state index in [0.29, 0.717) is 6.54 Å². The number of nitrogens with zero attached hydrogens (tertiary/aromatic N) is 2. The fraction of sp³-hybridized carbons (Fsp3) is 0.800. The lowest BCUT2D eigenvalue weighted by molar-refractivity contribution is 0.0530. The van der Waals surface area contributed by atoms with Crippen molar-refractivity contribution in [3.63, 3.8) is 0 Å². The van der Waals surface area contributed by atoms with Crippen LogP contribution in [0.5, 0.6) is 0 Å². The molecule has 0 radical (unpaired) electrons. The Morgan fingerprint density at radius 2 is 0.878 bits per heavy atom.